The summed E-state index contributed by atoms with van der Waals surface area (Å²) in [4.78, 5) is 25.9. The molecule has 2 rings (SSSR count). The van der Waals surface area contributed by atoms with Gasteiger partial charge in [0.05, 0.1) is 10.3 Å². The molecular formula is C12H15N3O2S. The monoisotopic (exact) mass is 265 g/mol. The number of aromatic nitrogens is 2. The third kappa shape index (κ3) is 1.56. The predicted octanol–water partition coefficient (Wildman–Crippen LogP) is 1.65. The average molecular weight is 265 g/mol. The fourth-order valence-corrected chi connectivity index (χ4v) is 3.13. The van der Waals surface area contributed by atoms with Gasteiger partial charge in [-0.15, -0.1) is 11.3 Å². The number of rotatable bonds is 2. The van der Waals surface area contributed by atoms with E-state index in [4.69, 9.17) is 5.41 Å². The molecule has 6 heteroatoms. The summed E-state index contributed by atoms with van der Waals surface area (Å²) in [5, 5.41) is 7.89. The standard InChI is InChI=1S/C12H15N3O2S/c1-6(2)15-10(16)9-7(3)8(5-13)18-11(9)14(4)12(15)17/h5-6,13H,1-4H3. The van der Waals surface area contributed by atoms with Gasteiger partial charge >= 0.3 is 5.69 Å². The molecular weight excluding hydrogens is 250 g/mol. The molecule has 2 aromatic rings. The van der Waals surface area contributed by atoms with Crippen molar-refractivity contribution in [1.29, 1.82) is 5.41 Å². The number of nitrogens with one attached hydrogen (secondary N) is 1. The first-order valence-electron chi connectivity index (χ1n) is 5.65. The fourth-order valence-electron chi connectivity index (χ4n) is 2.05. The maximum Gasteiger partial charge on any atom is 0.332 e. The molecule has 1 N–H and O–H groups in total. The first-order chi connectivity index (χ1) is 8.40. The van der Waals surface area contributed by atoms with E-state index >= 15 is 0 Å². The minimum atomic E-state index is -0.305. The Morgan fingerprint density at radius 2 is 1.94 bits per heavy atom. The van der Waals surface area contributed by atoms with E-state index < -0.39 is 0 Å². The summed E-state index contributed by atoms with van der Waals surface area (Å²) in [7, 11) is 1.66. The van der Waals surface area contributed by atoms with Crippen LogP contribution in [0.3, 0.4) is 0 Å². The van der Waals surface area contributed by atoms with E-state index in [2.05, 4.69) is 0 Å². The topological polar surface area (TPSA) is 67.8 Å². The third-order valence-corrected chi connectivity index (χ3v) is 4.36. The fraction of sp³-hybridized carbons (Fsp3) is 0.417. The lowest BCUT2D eigenvalue weighted by Crippen LogP contribution is -2.39. The second-order valence-electron chi connectivity index (χ2n) is 4.53. The van der Waals surface area contributed by atoms with Crippen molar-refractivity contribution in [2.24, 2.45) is 7.05 Å². The molecule has 0 saturated carbocycles. The van der Waals surface area contributed by atoms with Crippen LogP contribution >= 0.6 is 11.3 Å². The minimum absolute atomic E-state index is 0.177. The average Bonchev–Trinajstić information content (AvgIpc) is 2.63. The van der Waals surface area contributed by atoms with Gasteiger partial charge in [-0.05, 0) is 26.3 Å². The Morgan fingerprint density at radius 3 is 2.44 bits per heavy atom. The first kappa shape index (κ1) is 12.8. The molecule has 0 bridgehead atoms. The van der Waals surface area contributed by atoms with E-state index in [0.717, 1.165) is 10.4 Å². The van der Waals surface area contributed by atoms with Crippen LogP contribution in [0, 0.1) is 12.3 Å². The second-order valence-corrected chi connectivity index (χ2v) is 5.56. The Hall–Kier alpha value is -1.69. The highest BCUT2D eigenvalue weighted by Gasteiger charge is 2.18. The van der Waals surface area contributed by atoms with Crippen molar-refractivity contribution in [3.63, 3.8) is 0 Å². The van der Waals surface area contributed by atoms with Gasteiger partial charge in [0.15, 0.2) is 0 Å². The molecule has 0 aliphatic carbocycles. The smallest absolute Gasteiger partial charge is 0.307 e. The van der Waals surface area contributed by atoms with Crippen LogP contribution < -0.4 is 11.2 Å². The zero-order valence-corrected chi connectivity index (χ0v) is 11.6. The lowest BCUT2D eigenvalue weighted by Gasteiger charge is -2.11. The van der Waals surface area contributed by atoms with Crippen molar-refractivity contribution in [2.75, 3.05) is 0 Å². The quantitative estimate of drug-likeness (QED) is 0.839. The zero-order chi connectivity index (χ0) is 13.6. The van der Waals surface area contributed by atoms with Crippen LogP contribution in [0.1, 0.15) is 30.3 Å². The molecule has 0 fully saturated rings. The summed E-state index contributed by atoms with van der Waals surface area (Å²) in [6.07, 6.45) is 1.23. The molecule has 0 radical (unpaired) electrons. The largest absolute Gasteiger partial charge is 0.332 e. The molecule has 0 aromatic carbocycles. The van der Waals surface area contributed by atoms with Gasteiger partial charge in [0.1, 0.15) is 4.83 Å². The van der Waals surface area contributed by atoms with E-state index in [0.29, 0.717) is 10.2 Å². The number of hydrogen-bond donors (Lipinski definition) is 1. The lowest BCUT2D eigenvalue weighted by molar-refractivity contribution is 0.533. The van der Waals surface area contributed by atoms with Crippen LogP contribution in [0.2, 0.25) is 0 Å². The van der Waals surface area contributed by atoms with Crippen LogP contribution in [0.15, 0.2) is 9.59 Å². The van der Waals surface area contributed by atoms with Crippen molar-refractivity contribution >= 4 is 27.8 Å². The summed E-state index contributed by atoms with van der Waals surface area (Å²) < 4.78 is 2.75. The summed E-state index contributed by atoms with van der Waals surface area (Å²) in [5.41, 5.74) is 0.213. The number of hydrogen-bond acceptors (Lipinski definition) is 4. The van der Waals surface area contributed by atoms with Gasteiger partial charge in [-0.1, -0.05) is 0 Å². The maximum absolute atomic E-state index is 12.4. The zero-order valence-electron chi connectivity index (χ0n) is 10.8. The molecule has 0 unspecified atom stereocenters. The molecule has 18 heavy (non-hydrogen) atoms. The highest BCUT2D eigenvalue weighted by Crippen LogP contribution is 2.25. The van der Waals surface area contributed by atoms with Crippen molar-refractivity contribution in [2.45, 2.75) is 26.8 Å². The molecule has 0 aliphatic heterocycles. The van der Waals surface area contributed by atoms with Crippen molar-refractivity contribution in [3.05, 3.63) is 31.3 Å². The van der Waals surface area contributed by atoms with Gasteiger partial charge in [-0.2, -0.15) is 0 Å². The van der Waals surface area contributed by atoms with Crippen LogP contribution in [0.5, 0.6) is 0 Å². The molecule has 96 valence electrons. The second kappa shape index (κ2) is 4.20. The van der Waals surface area contributed by atoms with Gasteiger partial charge < -0.3 is 5.41 Å². The van der Waals surface area contributed by atoms with Gasteiger partial charge in [0.25, 0.3) is 5.56 Å². The Labute approximate surface area is 108 Å². The molecule has 5 nitrogen and oxygen atoms in total. The van der Waals surface area contributed by atoms with E-state index in [9.17, 15) is 9.59 Å². The van der Waals surface area contributed by atoms with Crippen molar-refractivity contribution in [3.8, 4) is 0 Å². The molecule has 0 atom stereocenters. The molecule has 0 aliphatic rings. The summed E-state index contributed by atoms with van der Waals surface area (Å²) in [6.45, 7) is 5.44. The highest BCUT2D eigenvalue weighted by molar-refractivity contribution is 7.20. The van der Waals surface area contributed by atoms with E-state index in [1.807, 2.05) is 20.8 Å². The van der Waals surface area contributed by atoms with Gasteiger partial charge in [-0.25, -0.2) is 4.79 Å². The van der Waals surface area contributed by atoms with Gasteiger partial charge in [0, 0.05) is 19.3 Å². The van der Waals surface area contributed by atoms with E-state index in [1.54, 1.807) is 7.05 Å². The predicted molar refractivity (Wildman–Crippen MR) is 74.3 cm³/mol. The molecule has 0 amide bonds. The molecule has 2 heterocycles. The number of nitrogens with zero attached hydrogens (tertiary/aromatic N) is 2. The van der Waals surface area contributed by atoms with Crippen molar-refractivity contribution in [1.82, 2.24) is 9.13 Å². The molecule has 2 aromatic heterocycles. The number of thiophene rings is 1. The minimum Gasteiger partial charge on any atom is -0.307 e. The Morgan fingerprint density at radius 1 is 1.33 bits per heavy atom. The first-order valence-corrected chi connectivity index (χ1v) is 6.46. The van der Waals surface area contributed by atoms with Gasteiger partial charge in [-0.3, -0.25) is 13.9 Å². The van der Waals surface area contributed by atoms with Crippen LogP contribution in [0.4, 0.5) is 0 Å². The Balaban J connectivity index is 3.12. The van der Waals surface area contributed by atoms with Crippen LogP contribution in [-0.2, 0) is 7.05 Å². The van der Waals surface area contributed by atoms with Crippen molar-refractivity contribution < 1.29 is 0 Å². The van der Waals surface area contributed by atoms with Crippen LogP contribution in [-0.4, -0.2) is 15.3 Å². The summed E-state index contributed by atoms with van der Waals surface area (Å²) in [5.74, 6) is 0. The highest BCUT2D eigenvalue weighted by atomic mass is 32.1. The maximum atomic E-state index is 12.4. The third-order valence-electron chi connectivity index (χ3n) is 3.04. The van der Waals surface area contributed by atoms with Gasteiger partial charge in [0.2, 0.25) is 0 Å². The summed E-state index contributed by atoms with van der Waals surface area (Å²) in [6, 6.07) is -0.177. The SMILES string of the molecule is Cc1c(C=N)sc2c1c(=O)n(C(C)C)c(=O)n2C. The lowest BCUT2D eigenvalue weighted by atomic mass is 10.2. The number of aryl methyl sites for hydroxylation is 2. The summed E-state index contributed by atoms with van der Waals surface area (Å²) >= 11 is 1.31. The Kier molecular flexibility index (Phi) is 2.98. The number of fused-ring (bicyclic) bond motifs is 1. The van der Waals surface area contributed by atoms with E-state index in [-0.39, 0.29) is 17.3 Å². The molecule has 0 spiro atoms. The van der Waals surface area contributed by atoms with Crippen LogP contribution in [0.25, 0.3) is 10.2 Å². The molecule has 0 saturated heterocycles. The van der Waals surface area contributed by atoms with E-state index in [1.165, 1.54) is 26.7 Å². The Bertz CT molecular complexity index is 749. The normalized spacial score (nSPS) is 11.4.